The average Bonchev–Trinajstić information content (AvgIpc) is 2.32. The van der Waals surface area contributed by atoms with E-state index < -0.39 is 0 Å². The highest BCUT2D eigenvalue weighted by Crippen LogP contribution is 2.33. The van der Waals surface area contributed by atoms with Crippen molar-refractivity contribution in [2.45, 2.75) is 9.79 Å². The summed E-state index contributed by atoms with van der Waals surface area (Å²) in [6, 6.07) is 9.56. The maximum absolute atomic E-state index is 8.83. The molecule has 0 atom stereocenters. The van der Waals surface area contributed by atoms with E-state index >= 15 is 0 Å². The number of nitrogens with two attached hydrogens (primary N) is 1. The van der Waals surface area contributed by atoms with Crippen LogP contribution in [0.1, 0.15) is 5.56 Å². The molecular weight excluding hydrogens is 298 g/mol. The summed E-state index contributed by atoms with van der Waals surface area (Å²) in [7, 11) is 0. The van der Waals surface area contributed by atoms with E-state index in [2.05, 4.69) is 27.0 Å². The Labute approximate surface area is 112 Å². The SMILES string of the molecule is N#Cc1ccc(Sc2ccncc2N)cc1Br. The Morgan fingerprint density at radius 1 is 1.35 bits per heavy atom. The first kappa shape index (κ1) is 12.0. The van der Waals surface area contributed by atoms with Crippen molar-refractivity contribution in [1.29, 1.82) is 5.26 Å². The molecule has 2 rings (SSSR count). The molecule has 3 nitrogen and oxygen atoms in total. The largest absolute Gasteiger partial charge is 0.397 e. The molecule has 0 fully saturated rings. The van der Waals surface area contributed by atoms with Gasteiger partial charge in [0.15, 0.2) is 0 Å². The average molecular weight is 306 g/mol. The quantitative estimate of drug-likeness (QED) is 0.923. The Balaban J connectivity index is 2.29. The van der Waals surface area contributed by atoms with Crippen molar-refractivity contribution in [1.82, 2.24) is 4.98 Å². The molecule has 0 aliphatic heterocycles. The van der Waals surface area contributed by atoms with Gasteiger partial charge in [0, 0.05) is 20.5 Å². The predicted octanol–water partition coefficient (Wildman–Crippen LogP) is 3.45. The lowest BCUT2D eigenvalue weighted by molar-refractivity contribution is 1.26. The van der Waals surface area contributed by atoms with Crippen LogP contribution in [0, 0.1) is 11.3 Å². The second-order valence-corrected chi connectivity index (χ2v) is 5.24. The van der Waals surface area contributed by atoms with Crippen LogP contribution in [-0.2, 0) is 0 Å². The van der Waals surface area contributed by atoms with Crippen LogP contribution in [0.2, 0.25) is 0 Å². The summed E-state index contributed by atoms with van der Waals surface area (Å²) in [5, 5.41) is 8.83. The van der Waals surface area contributed by atoms with Crippen LogP contribution >= 0.6 is 27.7 Å². The fraction of sp³-hybridized carbons (Fsp3) is 0. The Hall–Kier alpha value is -1.51. The minimum Gasteiger partial charge on any atom is -0.397 e. The number of nitriles is 1. The predicted molar refractivity (Wildman–Crippen MR) is 71.6 cm³/mol. The number of hydrogen-bond acceptors (Lipinski definition) is 4. The van der Waals surface area contributed by atoms with Crippen LogP contribution in [0.5, 0.6) is 0 Å². The fourth-order valence-electron chi connectivity index (χ4n) is 1.26. The maximum atomic E-state index is 8.83. The fourth-order valence-corrected chi connectivity index (χ4v) is 2.75. The minimum atomic E-state index is 0.622. The van der Waals surface area contributed by atoms with Gasteiger partial charge in [0.1, 0.15) is 6.07 Å². The lowest BCUT2D eigenvalue weighted by atomic mass is 10.2. The van der Waals surface area contributed by atoms with Gasteiger partial charge in [-0.05, 0) is 40.2 Å². The third kappa shape index (κ3) is 2.78. The van der Waals surface area contributed by atoms with Crippen molar-refractivity contribution >= 4 is 33.4 Å². The van der Waals surface area contributed by atoms with E-state index in [0.717, 1.165) is 14.3 Å². The molecule has 2 N–H and O–H groups in total. The molecule has 84 valence electrons. The summed E-state index contributed by atoms with van der Waals surface area (Å²) in [6.45, 7) is 0. The van der Waals surface area contributed by atoms with Crippen molar-refractivity contribution < 1.29 is 0 Å². The first-order valence-corrected chi connectivity index (χ1v) is 6.38. The van der Waals surface area contributed by atoms with Gasteiger partial charge in [-0.1, -0.05) is 11.8 Å². The zero-order valence-corrected chi connectivity index (χ0v) is 11.1. The van der Waals surface area contributed by atoms with Crippen LogP contribution in [0.25, 0.3) is 0 Å². The number of nitrogen functional groups attached to an aromatic ring is 1. The molecule has 2 aromatic rings. The Morgan fingerprint density at radius 3 is 2.82 bits per heavy atom. The first-order chi connectivity index (χ1) is 8.20. The van der Waals surface area contributed by atoms with Gasteiger partial charge in [-0.3, -0.25) is 4.98 Å². The van der Waals surface area contributed by atoms with E-state index in [1.165, 1.54) is 0 Å². The molecule has 17 heavy (non-hydrogen) atoms. The zero-order valence-electron chi connectivity index (χ0n) is 8.72. The molecule has 0 spiro atoms. The van der Waals surface area contributed by atoms with Gasteiger partial charge >= 0.3 is 0 Å². The molecular formula is C12H8BrN3S. The van der Waals surface area contributed by atoms with Crippen molar-refractivity contribution in [3.05, 3.63) is 46.7 Å². The van der Waals surface area contributed by atoms with Gasteiger partial charge in [-0.25, -0.2) is 0 Å². The van der Waals surface area contributed by atoms with Gasteiger partial charge in [0.25, 0.3) is 0 Å². The molecule has 0 aliphatic carbocycles. The van der Waals surface area contributed by atoms with E-state index in [1.807, 2.05) is 18.2 Å². The lowest BCUT2D eigenvalue weighted by Crippen LogP contribution is -1.89. The molecule has 1 aromatic carbocycles. The highest BCUT2D eigenvalue weighted by Gasteiger charge is 2.04. The topological polar surface area (TPSA) is 62.7 Å². The van der Waals surface area contributed by atoms with Gasteiger partial charge in [0.2, 0.25) is 0 Å². The molecule has 1 aromatic heterocycles. The summed E-state index contributed by atoms with van der Waals surface area (Å²) in [6.07, 6.45) is 3.33. The number of hydrogen-bond donors (Lipinski definition) is 1. The summed E-state index contributed by atoms with van der Waals surface area (Å²) in [5.74, 6) is 0. The second kappa shape index (κ2) is 5.21. The standard InChI is InChI=1S/C12H8BrN3S/c13-10-5-9(2-1-8(10)6-14)17-12-3-4-16-7-11(12)15/h1-5,7H,15H2. The van der Waals surface area contributed by atoms with E-state index in [4.69, 9.17) is 11.0 Å². The number of nitrogens with zero attached hydrogens (tertiary/aromatic N) is 2. The van der Waals surface area contributed by atoms with Crippen LogP contribution < -0.4 is 5.73 Å². The zero-order chi connectivity index (χ0) is 12.3. The van der Waals surface area contributed by atoms with Crippen LogP contribution in [-0.4, -0.2) is 4.98 Å². The highest BCUT2D eigenvalue weighted by molar-refractivity contribution is 9.10. The monoisotopic (exact) mass is 305 g/mol. The molecule has 5 heteroatoms. The third-order valence-corrected chi connectivity index (χ3v) is 3.84. The smallest absolute Gasteiger partial charge is 0.100 e. The van der Waals surface area contributed by atoms with Gasteiger partial charge in [-0.15, -0.1) is 0 Å². The highest BCUT2D eigenvalue weighted by atomic mass is 79.9. The Kier molecular flexibility index (Phi) is 3.67. The Bertz CT molecular complexity index is 593. The van der Waals surface area contributed by atoms with Gasteiger partial charge < -0.3 is 5.73 Å². The van der Waals surface area contributed by atoms with Crippen LogP contribution in [0.3, 0.4) is 0 Å². The number of halogens is 1. The number of anilines is 1. The van der Waals surface area contributed by atoms with Crippen molar-refractivity contribution in [3.8, 4) is 6.07 Å². The lowest BCUT2D eigenvalue weighted by Gasteiger charge is -2.05. The van der Waals surface area contributed by atoms with Gasteiger partial charge in [-0.2, -0.15) is 5.26 Å². The molecule has 0 radical (unpaired) electrons. The number of benzene rings is 1. The molecule has 0 unspecified atom stereocenters. The molecule has 0 amide bonds. The maximum Gasteiger partial charge on any atom is 0.100 e. The van der Waals surface area contributed by atoms with Gasteiger partial charge in [0.05, 0.1) is 17.4 Å². The third-order valence-electron chi connectivity index (χ3n) is 2.10. The molecule has 0 saturated carbocycles. The van der Waals surface area contributed by atoms with Crippen molar-refractivity contribution in [2.24, 2.45) is 0 Å². The summed E-state index contributed by atoms with van der Waals surface area (Å²) < 4.78 is 0.789. The van der Waals surface area contributed by atoms with E-state index in [1.54, 1.807) is 30.2 Å². The van der Waals surface area contributed by atoms with Crippen molar-refractivity contribution in [2.75, 3.05) is 5.73 Å². The van der Waals surface area contributed by atoms with Crippen molar-refractivity contribution in [3.63, 3.8) is 0 Å². The number of aromatic nitrogens is 1. The van der Waals surface area contributed by atoms with Crippen LogP contribution in [0.4, 0.5) is 5.69 Å². The number of pyridine rings is 1. The molecule has 0 bridgehead atoms. The summed E-state index contributed by atoms with van der Waals surface area (Å²) >= 11 is 4.90. The van der Waals surface area contributed by atoms with Crippen LogP contribution in [0.15, 0.2) is 50.9 Å². The summed E-state index contributed by atoms with van der Waals surface area (Å²) in [5.41, 5.74) is 7.09. The molecule has 1 heterocycles. The number of rotatable bonds is 2. The molecule has 0 aliphatic rings. The summed E-state index contributed by atoms with van der Waals surface area (Å²) in [4.78, 5) is 5.92. The first-order valence-electron chi connectivity index (χ1n) is 4.77. The normalized spacial score (nSPS) is 9.88. The Morgan fingerprint density at radius 2 is 2.18 bits per heavy atom. The molecule has 0 saturated heterocycles. The second-order valence-electron chi connectivity index (χ2n) is 3.27. The van der Waals surface area contributed by atoms with E-state index in [0.29, 0.717) is 11.3 Å². The van der Waals surface area contributed by atoms with E-state index in [9.17, 15) is 0 Å². The minimum absolute atomic E-state index is 0.622. The van der Waals surface area contributed by atoms with E-state index in [-0.39, 0.29) is 0 Å².